The van der Waals surface area contributed by atoms with Gasteiger partial charge in [0.2, 0.25) is 0 Å². The molecule has 0 heterocycles. The lowest BCUT2D eigenvalue weighted by atomic mass is 10.1. The molecule has 0 fully saturated rings. The van der Waals surface area contributed by atoms with E-state index in [9.17, 15) is 4.79 Å². The third-order valence-electron chi connectivity index (χ3n) is 2.82. The van der Waals surface area contributed by atoms with Crippen molar-refractivity contribution < 1.29 is 14.0 Å². The van der Waals surface area contributed by atoms with E-state index >= 15 is 0 Å². The average molecular weight is 272 g/mol. The Balaban J connectivity index is 4.03. The quantitative estimate of drug-likeness (QED) is 0.347. The van der Waals surface area contributed by atoms with Crippen LogP contribution in [-0.4, -0.2) is 27.8 Å². The molecule has 0 aromatic heterocycles. The summed E-state index contributed by atoms with van der Waals surface area (Å²) in [4.78, 5) is 11.8. The number of rotatable bonds is 10. The Kier molecular flexibility index (Phi) is 11.1. The minimum Gasteiger partial charge on any atom is -0.516 e. The SMILES string of the molecule is CCCCCC=C(C)C(=O)O[SiH](CC)COCC. The molecule has 3 nitrogen and oxygen atoms in total. The van der Waals surface area contributed by atoms with Crippen LogP contribution in [0.4, 0.5) is 0 Å². The summed E-state index contributed by atoms with van der Waals surface area (Å²) in [6.07, 6.45) is 7.17. The molecule has 4 heteroatoms. The first-order chi connectivity index (χ1) is 8.65. The van der Waals surface area contributed by atoms with Gasteiger partial charge in [-0.1, -0.05) is 32.8 Å². The summed E-state index contributed by atoms with van der Waals surface area (Å²) >= 11 is 0. The van der Waals surface area contributed by atoms with Gasteiger partial charge in [0.25, 0.3) is 9.04 Å². The molecule has 0 saturated heterocycles. The molecule has 0 aromatic rings. The van der Waals surface area contributed by atoms with Crippen molar-refractivity contribution in [1.29, 1.82) is 0 Å². The highest BCUT2D eigenvalue weighted by molar-refractivity contribution is 6.53. The third-order valence-corrected chi connectivity index (χ3v) is 4.88. The summed E-state index contributed by atoms with van der Waals surface area (Å²) in [5, 5.41) is 0. The van der Waals surface area contributed by atoms with Gasteiger partial charge in [-0.25, -0.2) is 4.79 Å². The van der Waals surface area contributed by atoms with E-state index in [0.29, 0.717) is 12.8 Å². The van der Waals surface area contributed by atoms with Crippen LogP contribution in [0.1, 0.15) is 53.4 Å². The largest absolute Gasteiger partial charge is 0.516 e. The zero-order chi connectivity index (χ0) is 13.8. The molecular weight excluding hydrogens is 244 g/mol. The van der Waals surface area contributed by atoms with Crippen LogP contribution in [0, 0.1) is 0 Å². The van der Waals surface area contributed by atoms with Gasteiger partial charge in [0, 0.05) is 12.2 Å². The van der Waals surface area contributed by atoms with Gasteiger partial charge >= 0.3 is 5.97 Å². The molecule has 0 aromatic carbocycles. The highest BCUT2D eigenvalue weighted by Gasteiger charge is 2.15. The summed E-state index contributed by atoms with van der Waals surface area (Å²) in [5.41, 5.74) is 0.744. The van der Waals surface area contributed by atoms with Crippen molar-refractivity contribution >= 4 is 15.0 Å². The van der Waals surface area contributed by atoms with Crippen LogP contribution in [0.2, 0.25) is 6.04 Å². The number of hydrogen-bond donors (Lipinski definition) is 0. The Labute approximate surface area is 113 Å². The van der Waals surface area contributed by atoms with Crippen molar-refractivity contribution in [2.75, 3.05) is 12.8 Å². The summed E-state index contributed by atoms with van der Waals surface area (Å²) in [7, 11) is -1.50. The second-order valence-electron chi connectivity index (χ2n) is 4.48. The molecule has 0 aliphatic carbocycles. The summed E-state index contributed by atoms with van der Waals surface area (Å²) in [6, 6.07) is 0.925. The van der Waals surface area contributed by atoms with Gasteiger partial charge in [-0.05, 0) is 32.7 Å². The molecular formula is C14H28O3Si. The van der Waals surface area contributed by atoms with Gasteiger partial charge in [0.15, 0.2) is 0 Å². The van der Waals surface area contributed by atoms with Crippen LogP contribution in [0.15, 0.2) is 11.6 Å². The first kappa shape index (κ1) is 17.4. The van der Waals surface area contributed by atoms with Gasteiger partial charge in [-0.2, -0.15) is 0 Å². The highest BCUT2D eigenvalue weighted by atomic mass is 28.3. The summed E-state index contributed by atoms with van der Waals surface area (Å²) < 4.78 is 10.9. The predicted octanol–water partition coefficient (Wildman–Crippen LogP) is 3.38. The van der Waals surface area contributed by atoms with Gasteiger partial charge in [-0.15, -0.1) is 0 Å². The van der Waals surface area contributed by atoms with Crippen LogP contribution in [0.3, 0.4) is 0 Å². The number of ether oxygens (including phenoxy) is 1. The number of carbonyl (C=O) groups excluding carboxylic acids is 1. The van der Waals surface area contributed by atoms with E-state index in [0.717, 1.165) is 24.5 Å². The lowest BCUT2D eigenvalue weighted by molar-refractivity contribution is -0.130. The van der Waals surface area contributed by atoms with Gasteiger partial charge in [0.1, 0.15) is 0 Å². The number of carbonyl (C=O) groups is 1. The molecule has 0 amide bonds. The second kappa shape index (κ2) is 11.5. The molecule has 0 aliphatic rings. The molecule has 1 atom stereocenters. The Morgan fingerprint density at radius 3 is 2.50 bits per heavy atom. The molecule has 0 N–H and O–H groups in total. The van der Waals surface area contributed by atoms with Gasteiger partial charge in [-0.3, -0.25) is 0 Å². The smallest absolute Gasteiger partial charge is 0.319 e. The van der Waals surface area contributed by atoms with Crippen molar-refractivity contribution in [2.45, 2.75) is 59.4 Å². The van der Waals surface area contributed by atoms with Crippen molar-refractivity contribution in [1.82, 2.24) is 0 Å². The van der Waals surface area contributed by atoms with Crippen molar-refractivity contribution in [3.63, 3.8) is 0 Å². The highest BCUT2D eigenvalue weighted by Crippen LogP contribution is 2.06. The minimum absolute atomic E-state index is 0.148. The maximum atomic E-state index is 11.8. The first-order valence-electron chi connectivity index (χ1n) is 7.11. The van der Waals surface area contributed by atoms with E-state index in [2.05, 4.69) is 13.8 Å². The van der Waals surface area contributed by atoms with Crippen molar-refractivity contribution in [2.24, 2.45) is 0 Å². The fourth-order valence-corrected chi connectivity index (χ4v) is 2.98. The molecule has 0 aliphatic heterocycles. The molecule has 0 radical (unpaired) electrons. The lowest BCUT2D eigenvalue weighted by Crippen LogP contribution is -2.28. The average Bonchev–Trinajstić information content (AvgIpc) is 2.38. The monoisotopic (exact) mass is 272 g/mol. The van der Waals surface area contributed by atoms with Crippen LogP contribution in [-0.2, 0) is 14.0 Å². The third kappa shape index (κ3) is 8.47. The number of allylic oxidation sites excluding steroid dienone is 1. The Morgan fingerprint density at radius 1 is 1.22 bits per heavy atom. The van der Waals surface area contributed by atoms with E-state index in [1.165, 1.54) is 12.8 Å². The van der Waals surface area contributed by atoms with Gasteiger partial charge in [0.05, 0.1) is 6.23 Å². The van der Waals surface area contributed by atoms with E-state index in [-0.39, 0.29) is 5.97 Å². The van der Waals surface area contributed by atoms with Gasteiger partial charge < -0.3 is 9.16 Å². The maximum Gasteiger partial charge on any atom is 0.319 e. The molecule has 0 bridgehead atoms. The zero-order valence-electron chi connectivity index (χ0n) is 12.3. The van der Waals surface area contributed by atoms with Crippen LogP contribution < -0.4 is 0 Å². The molecule has 1 unspecified atom stereocenters. The lowest BCUT2D eigenvalue weighted by Gasteiger charge is -2.14. The minimum atomic E-state index is -1.50. The Hall–Kier alpha value is -0.613. The van der Waals surface area contributed by atoms with E-state index in [1.807, 2.05) is 19.9 Å². The normalized spacial score (nSPS) is 13.4. The van der Waals surface area contributed by atoms with Crippen molar-refractivity contribution in [3.05, 3.63) is 11.6 Å². The first-order valence-corrected chi connectivity index (χ1v) is 9.21. The fraction of sp³-hybridized carbons (Fsp3) is 0.786. The summed E-state index contributed by atoms with van der Waals surface area (Å²) in [6.45, 7) is 8.73. The van der Waals surface area contributed by atoms with Crippen molar-refractivity contribution in [3.8, 4) is 0 Å². The van der Waals surface area contributed by atoms with E-state index in [1.54, 1.807) is 0 Å². The van der Waals surface area contributed by atoms with Crippen LogP contribution in [0.25, 0.3) is 0 Å². The predicted molar refractivity (Wildman–Crippen MR) is 78.1 cm³/mol. The topological polar surface area (TPSA) is 35.5 Å². The number of unbranched alkanes of at least 4 members (excludes halogenated alkanes) is 3. The van der Waals surface area contributed by atoms with Crippen LogP contribution >= 0.6 is 0 Å². The molecule has 0 rings (SSSR count). The van der Waals surface area contributed by atoms with E-state index < -0.39 is 9.04 Å². The van der Waals surface area contributed by atoms with Crippen LogP contribution in [0.5, 0.6) is 0 Å². The number of hydrogen-bond acceptors (Lipinski definition) is 3. The molecule has 106 valence electrons. The van der Waals surface area contributed by atoms with E-state index in [4.69, 9.17) is 9.16 Å². The second-order valence-corrected chi connectivity index (χ2v) is 7.11. The Morgan fingerprint density at radius 2 is 1.94 bits per heavy atom. The maximum absolute atomic E-state index is 11.8. The fourth-order valence-electron chi connectivity index (χ4n) is 1.53. The molecule has 18 heavy (non-hydrogen) atoms. The summed E-state index contributed by atoms with van der Waals surface area (Å²) in [5.74, 6) is -0.148. The standard InChI is InChI=1S/C14H28O3Si/c1-5-8-9-10-11-13(4)14(15)17-18(7-3)12-16-6-2/h11,18H,5-10,12H2,1-4H3. The Bertz CT molecular complexity index is 251. The molecule has 0 spiro atoms. The zero-order valence-corrected chi connectivity index (χ0v) is 13.5. The molecule has 0 saturated carbocycles.